The first-order chi connectivity index (χ1) is 11.4. The second kappa shape index (κ2) is 8.83. The highest BCUT2D eigenvalue weighted by Crippen LogP contribution is 2.22. The third-order valence-electron chi connectivity index (χ3n) is 4.47. The standard InChI is InChI=1S/C19H27NO4/c1-13-4-3-5-15(10-13)11-16(19(22)23)12-20-18(21)9-8-17-7-6-14(2)24-17/h3-5,10,14,16-17H,6-9,11-12H2,1-2H3,(H,20,21)(H,22,23)/t14-,16+,17+/m0/s1. The van der Waals surface area contributed by atoms with Crippen LogP contribution in [0.15, 0.2) is 24.3 Å². The summed E-state index contributed by atoms with van der Waals surface area (Å²) in [7, 11) is 0. The number of aliphatic carboxylic acids is 1. The number of carboxylic acid groups (broad SMARTS) is 1. The van der Waals surface area contributed by atoms with E-state index in [0.717, 1.165) is 24.0 Å². The van der Waals surface area contributed by atoms with Crippen LogP contribution < -0.4 is 5.32 Å². The fourth-order valence-electron chi connectivity index (χ4n) is 3.09. The number of ether oxygens (including phenoxy) is 1. The van der Waals surface area contributed by atoms with Gasteiger partial charge in [-0.25, -0.2) is 0 Å². The van der Waals surface area contributed by atoms with Gasteiger partial charge < -0.3 is 15.2 Å². The molecule has 3 atom stereocenters. The Balaban J connectivity index is 1.76. The number of hydrogen-bond donors (Lipinski definition) is 2. The summed E-state index contributed by atoms with van der Waals surface area (Å²) in [5.41, 5.74) is 2.08. The Bertz CT molecular complexity index is 572. The smallest absolute Gasteiger partial charge is 0.308 e. The maximum atomic E-state index is 12.0. The second-order valence-corrected chi connectivity index (χ2v) is 6.72. The van der Waals surface area contributed by atoms with Crippen LogP contribution in [-0.2, 0) is 20.7 Å². The molecule has 5 heteroatoms. The van der Waals surface area contributed by atoms with Gasteiger partial charge in [0.05, 0.1) is 18.1 Å². The predicted octanol–water partition coefficient (Wildman–Crippen LogP) is 2.70. The van der Waals surface area contributed by atoms with Crippen LogP contribution in [0.3, 0.4) is 0 Å². The van der Waals surface area contributed by atoms with Crippen LogP contribution in [-0.4, -0.2) is 35.7 Å². The van der Waals surface area contributed by atoms with Gasteiger partial charge in [0.1, 0.15) is 0 Å². The van der Waals surface area contributed by atoms with Crippen molar-refractivity contribution in [2.75, 3.05) is 6.54 Å². The molecule has 1 aromatic carbocycles. The Labute approximate surface area is 143 Å². The van der Waals surface area contributed by atoms with Crippen molar-refractivity contribution in [3.63, 3.8) is 0 Å². The third kappa shape index (κ3) is 5.96. The molecule has 0 unspecified atom stereocenters. The number of hydrogen-bond acceptors (Lipinski definition) is 3. The fourth-order valence-corrected chi connectivity index (χ4v) is 3.09. The summed E-state index contributed by atoms with van der Waals surface area (Å²) in [5.74, 6) is -1.60. The molecule has 2 rings (SSSR count). The summed E-state index contributed by atoms with van der Waals surface area (Å²) in [6.07, 6.45) is 3.99. The SMILES string of the molecule is Cc1cccc(C[C@H](CNC(=O)CC[C@H]2CC[C@H](C)O2)C(=O)O)c1. The van der Waals surface area contributed by atoms with Gasteiger partial charge in [0.15, 0.2) is 0 Å². The number of carbonyl (C=O) groups excluding carboxylic acids is 1. The molecule has 0 saturated carbocycles. The minimum atomic E-state index is -0.884. The largest absolute Gasteiger partial charge is 0.481 e. The predicted molar refractivity (Wildman–Crippen MR) is 91.8 cm³/mol. The van der Waals surface area contributed by atoms with Gasteiger partial charge in [-0.2, -0.15) is 0 Å². The van der Waals surface area contributed by atoms with E-state index >= 15 is 0 Å². The van der Waals surface area contributed by atoms with Crippen molar-refractivity contribution in [1.29, 1.82) is 0 Å². The van der Waals surface area contributed by atoms with Gasteiger partial charge >= 0.3 is 5.97 Å². The first-order valence-corrected chi connectivity index (χ1v) is 8.64. The van der Waals surface area contributed by atoms with Crippen LogP contribution >= 0.6 is 0 Å². The van der Waals surface area contributed by atoms with Crippen LogP contribution in [0.2, 0.25) is 0 Å². The highest BCUT2D eigenvalue weighted by atomic mass is 16.5. The van der Waals surface area contributed by atoms with Crippen LogP contribution in [0.4, 0.5) is 0 Å². The average molecular weight is 333 g/mol. The first-order valence-electron chi connectivity index (χ1n) is 8.64. The molecule has 1 saturated heterocycles. The number of aryl methyl sites for hydroxylation is 1. The van der Waals surface area contributed by atoms with Crippen molar-refractivity contribution in [1.82, 2.24) is 5.32 Å². The molecule has 0 bridgehead atoms. The number of carbonyl (C=O) groups is 2. The van der Waals surface area contributed by atoms with Crippen LogP contribution in [0.5, 0.6) is 0 Å². The zero-order valence-corrected chi connectivity index (χ0v) is 14.5. The molecule has 1 aliphatic heterocycles. The maximum Gasteiger partial charge on any atom is 0.308 e. The first kappa shape index (κ1) is 18.5. The maximum absolute atomic E-state index is 12.0. The van der Waals surface area contributed by atoms with E-state index in [1.165, 1.54) is 0 Å². The normalized spacial score (nSPS) is 21.4. The minimum absolute atomic E-state index is 0.103. The molecule has 1 fully saturated rings. The van der Waals surface area contributed by atoms with E-state index in [0.29, 0.717) is 19.3 Å². The van der Waals surface area contributed by atoms with Crippen molar-refractivity contribution in [2.24, 2.45) is 5.92 Å². The lowest BCUT2D eigenvalue weighted by atomic mass is 9.98. The van der Waals surface area contributed by atoms with Crippen molar-refractivity contribution in [3.05, 3.63) is 35.4 Å². The van der Waals surface area contributed by atoms with Crippen LogP contribution in [0.1, 0.15) is 43.7 Å². The molecule has 132 valence electrons. The molecule has 1 amide bonds. The molecule has 0 spiro atoms. The number of rotatable bonds is 8. The van der Waals surface area contributed by atoms with Gasteiger partial charge in [-0.1, -0.05) is 29.8 Å². The van der Waals surface area contributed by atoms with Crippen molar-refractivity contribution in [2.45, 2.75) is 58.2 Å². The zero-order valence-electron chi connectivity index (χ0n) is 14.5. The summed E-state index contributed by atoms with van der Waals surface area (Å²) < 4.78 is 5.69. The number of benzene rings is 1. The highest BCUT2D eigenvalue weighted by Gasteiger charge is 2.23. The van der Waals surface area contributed by atoms with Gasteiger partial charge in [-0.05, 0) is 45.1 Å². The Morgan fingerprint density at radius 1 is 1.38 bits per heavy atom. The second-order valence-electron chi connectivity index (χ2n) is 6.72. The molecule has 24 heavy (non-hydrogen) atoms. The van der Waals surface area contributed by atoms with Crippen molar-refractivity contribution < 1.29 is 19.4 Å². The van der Waals surface area contributed by atoms with Gasteiger partial charge in [0.2, 0.25) is 5.91 Å². The zero-order chi connectivity index (χ0) is 17.5. The number of carboxylic acids is 1. The van der Waals surface area contributed by atoms with E-state index in [1.807, 2.05) is 38.1 Å². The van der Waals surface area contributed by atoms with Gasteiger partial charge in [-0.15, -0.1) is 0 Å². The van der Waals surface area contributed by atoms with Gasteiger partial charge in [-0.3, -0.25) is 9.59 Å². The van der Waals surface area contributed by atoms with E-state index in [-0.39, 0.29) is 24.7 Å². The van der Waals surface area contributed by atoms with E-state index in [2.05, 4.69) is 5.32 Å². The lowest BCUT2D eigenvalue weighted by Gasteiger charge is -2.15. The van der Waals surface area contributed by atoms with E-state index in [9.17, 15) is 14.7 Å². The number of nitrogens with one attached hydrogen (secondary N) is 1. The van der Waals surface area contributed by atoms with Gasteiger partial charge in [0.25, 0.3) is 0 Å². The molecule has 0 radical (unpaired) electrons. The molecule has 0 aromatic heterocycles. The molecular formula is C19H27NO4. The van der Waals surface area contributed by atoms with Gasteiger partial charge in [0, 0.05) is 13.0 Å². The Kier molecular flexibility index (Phi) is 6.79. The summed E-state index contributed by atoms with van der Waals surface area (Å²) in [4.78, 5) is 23.4. The lowest BCUT2D eigenvalue weighted by Crippen LogP contribution is -2.34. The van der Waals surface area contributed by atoms with E-state index in [1.54, 1.807) is 0 Å². The summed E-state index contributed by atoms with van der Waals surface area (Å²) in [6, 6.07) is 7.80. The number of amides is 1. The quantitative estimate of drug-likeness (QED) is 0.767. The Morgan fingerprint density at radius 2 is 2.17 bits per heavy atom. The summed E-state index contributed by atoms with van der Waals surface area (Å²) >= 11 is 0. The topological polar surface area (TPSA) is 75.6 Å². The third-order valence-corrected chi connectivity index (χ3v) is 4.47. The molecule has 2 N–H and O–H groups in total. The molecule has 0 aliphatic carbocycles. The van der Waals surface area contributed by atoms with Crippen molar-refractivity contribution >= 4 is 11.9 Å². The van der Waals surface area contributed by atoms with E-state index in [4.69, 9.17) is 4.74 Å². The minimum Gasteiger partial charge on any atom is -0.481 e. The molecular weight excluding hydrogens is 306 g/mol. The summed E-state index contributed by atoms with van der Waals surface area (Å²) in [6.45, 7) is 4.18. The van der Waals surface area contributed by atoms with E-state index < -0.39 is 11.9 Å². The fraction of sp³-hybridized carbons (Fsp3) is 0.579. The summed E-state index contributed by atoms with van der Waals surface area (Å²) in [5, 5.41) is 12.1. The highest BCUT2D eigenvalue weighted by molar-refractivity contribution is 5.77. The Hall–Kier alpha value is -1.88. The molecule has 1 aromatic rings. The van der Waals surface area contributed by atoms with Crippen LogP contribution in [0, 0.1) is 12.8 Å². The van der Waals surface area contributed by atoms with Crippen LogP contribution in [0.25, 0.3) is 0 Å². The Morgan fingerprint density at radius 3 is 2.79 bits per heavy atom. The van der Waals surface area contributed by atoms with Crippen molar-refractivity contribution in [3.8, 4) is 0 Å². The average Bonchev–Trinajstić information content (AvgIpc) is 2.94. The molecule has 1 aliphatic rings. The lowest BCUT2D eigenvalue weighted by molar-refractivity contribution is -0.141. The monoisotopic (exact) mass is 333 g/mol. The molecule has 5 nitrogen and oxygen atoms in total. The molecule has 1 heterocycles.